The highest BCUT2D eigenvalue weighted by Crippen LogP contribution is 2.30. The maximum absolute atomic E-state index is 14.2. The van der Waals surface area contributed by atoms with Gasteiger partial charge in [-0.1, -0.05) is 12.8 Å². The van der Waals surface area contributed by atoms with Gasteiger partial charge in [0, 0.05) is 18.2 Å². The summed E-state index contributed by atoms with van der Waals surface area (Å²) < 4.78 is 14.2. The van der Waals surface area contributed by atoms with Crippen molar-refractivity contribution in [2.75, 3.05) is 18.1 Å². The molecular weight excluding hydrogens is 245 g/mol. The summed E-state index contributed by atoms with van der Waals surface area (Å²) in [4.78, 5) is 13.2. The molecule has 1 aliphatic carbocycles. The first-order valence-electron chi connectivity index (χ1n) is 6.81. The van der Waals surface area contributed by atoms with E-state index in [1.165, 1.54) is 13.0 Å². The number of aliphatic hydroxyl groups is 1. The number of ketones is 1. The number of anilines is 1. The Morgan fingerprint density at radius 2 is 2.11 bits per heavy atom. The van der Waals surface area contributed by atoms with E-state index in [-0.39, 0.29) is 18.2 Å². The molecule has 104 valence electrons. The molecular formula is C15H20FNO2. The van der Waals surface area contributed by atoms with Crippen LogP contribution in [0.4, 0.5) is 10.1 Å². The number of benzene rings is 1. The molecule has 1 saturated carbocycles. The maximum atomic E-state index is 14.2. The van der Waals surface area contributed by atoms with E-state index in [1.54, 1.807) is 12.1 Å². The Morgan fingerprint density at radius 1 is 1.42 bits per heavy atom. The summed E-state index contributed by atoms with van der Waals surface area (Å²) in [6.45, 7) is 1.86. The Morgan fingerprint density at radius 3 is 2.63 bits per heavy atom. The molecule has 19 heavy (non-hydrogen) atoms. The van der Waals surface area contributed by atoms with Gasteiger partial charge in [0.15, 0.2) is 5.78 Å². The van der Waals surface area contributed by atoms with Gasteiger partial charge in [-0.25, -0.2) is 4.39 Å². The number of carbonyl (C=O) groups excluding carboxylic acids is 1. The van der Waals surface area contributed by atoms with Crippen LogP contribution in [0.2, 0.25) is 0 Å². The van der Waals surface area contributed by atoms with Crippen LogP contribution in [0.25, 0.3) is 0 Å². The van der Waals surface area contributed by atoms with Crippen molar-refractivity contribution in [3.63, 3.8) is 0 Å². The minimum absolute atomic E-state index is 0.00436. The molecule has 2 rings (SSSR count). The Kier molecular flexibility index (Phi) is 4.53. The number of hydrogen-bond donors (Lipinski definition) is 1. The molecule has 3 nitrogen and oxygen atoms in total. The molecule has 1 aliphatic rings. The van der Waals surface area contributed by atoms with Crippen molar-refractivity contribution in [3.8, 4) is 0 Å². The average Bonchev–Trinajstić information content (AvgIpc) is 2.90. The van der Waals surface area contributed by atoms with Crippen LogP contribution >= 0.6 is 0 Å². The lowest BCUT2D eigenvalue weighted by Crippen LogP contribution is -2.36. The molecule has 0 aliphatic heterocycles. The lowest BCUT2D eigenvalue weighted by Gasteiger charge is -2.31. The Labute approximate surface area is 113 Å². The van der Waals surface area contributed by atoms with E-state index in [4.69, 9.17) is 0 Å². The van der Waals surface area contributed by atoms with Crippen LogP contribution in [-0.4, -0.2) is 30.1 Å². The minimum Gasteiger partial charge on any atom is -0.395 e. The molecule has 0 amide bonds. The summed E-state index contributed by atoms with van der Waals surface area (Å²) in [5.74, 6) is -0.520. The van der Waals surface area contributed by atoms with Crippen molar-refractivity contribution in [2.45, 2.75) is 38.6 Å². The van der Waals surface area contributed by atoms with Gasteiger partial charge in [-0.3, -0.25) is 4.79 Å². The Balaban J connectivity index is 2.28. The number of hydrogen-bond acceptors (Lipinski definition) is 3. The van der Waals surface area contributed by atoms with Gasteiger partial charge in [-0.15, -0.1) is 0 Å². The molecule has 0 spiro atoms. The monoisotopic (exact) mass is 265 g/mol. The van der Waals surface area contributed by atoms with Crippen molar-refractivity contribution in [1.82, 2.24) is 0 Å². The summed E-state index contributed by atoms with van der Waals surface area (Å²) in [6, 6.07) is 4.89. The lowest BCUT2D eigenvalue weighted by molar-refractivity contribution is 0.101. The molecule has 0 saturated heterocycles. The second kappa shape index (κ2) is 6.15. The summed E-state index contributed by atoms with van der Waals surface area (Å²) in [5, 5.41) is 9.17. The number of aliphatic hydroxyl groups excluding tert-OH is 1. The summed E-state index contributed by atoms with van der Waals surface area (Å²) >= 11 is 0. The second-order valence-corrected chi connectivity index (χ2v) is 5.08. The van der Waals surface area contributed by atoms with Crippen molar-refractivity contribution in [3.05, 3.63) is 29.6 Å². The molecule has 1 aromatic rings. The van der Waals surface area contributed by atoms with Crippen LogP contribution in [0.3, 0.4) is 0 Å². The first-order valence-corrected chi connectivity index (χ1v) is 6.81. The molecule has 1 fully saturated rings. The van der Waals surface area contributed by atoms with Gasteiger partial charge in [-0.2, -0.15) is 0 Å². The van der Waals surface area contributed by atoms with E-state index < -0.39 is 0 Å². The fourth-order valence-corrected chi connectivity index (χ4v) is 2.78. The number of Topliss-reactive ketones (excluding diaryl/α,β-unsaturated/α-hetero) is 1. The minimum atomic E-state index is -0.381. The van der Waals surface area contributed by atoms with Gasteiger partial charge < -0.3 is 10.0 Å². The number of rotatable bonds is 5. The SMILES string of the molecule is CC(=O)c1ccc(N(CCO)C2CCCC2)c(F)c1. The summed E-state index contributed by atoms with van der Waals surface area (Å²) in [7, 11) is 0. The Bertz CT molecular complexity index is 455. The highest BCUT2D eigenvalue weighted by molar-refractivity contribution is 5.94. The van der Waals surface area contributed by atoms with E-state index >= 15 is 0 Å². The first-order chi connectivity index (χ1) is 9.13. The second-order valence-electron chi connectivity index (χ2n) is 5.08. The van der Waals surface area contributed by atoms with E-state index in [1.807, 2.05) is 4.90 Å². The van der Waals surface area contributed by atoms with Crippen LogP contribution < -0.4 is 4.90 Å². The normalized spacial score (nSPS) is 15.7. The van der Waals surface area contributed by atoms with Crippen molar-refractivity contribution in [2.24, 2.45) is 0 Å². The third-order valence-electron chi connectivity index (χ3n) is 3.77. The van der Waals surface area contributed by atoms with Gasteiger partial charge in [0.05, 0.1) is 12.3 Å². The lowest BCUT2D eigenvalue weighted by atomic mass is 10.1. The standard InChI is InChI=1S/C15H20FNO2/c1-11(19)12-6-7-15(14(16)10-12)17(8-9-18)13-4-2-3-5-13/h6-7,10,13,18H,2-5,8-9H2,1H3. The quantitative estimate of drug-likeness (QED) is 0.832. The topological polar surface area (TPSA) is 40.5 Å². The van der Waals surface area contributed by atoms with Gasteiger partial charge in [0.25, 0.3) is 0 Å². The number of carbonyl (C=O) groups is 1. The zero-order valence-electron chi connectivity index (χ0n) is 11.2. The molecule has 1 aromatic carbocycles. The van der Waals surface area contributed by atoms with Crippen molar-refractivity contribution >= 4 is 11.5 Å². The van der Waals surface area contributed by atoms with Gasteiger partial charge in [0.1, 0.15) is 5.82 Å². The summed E-state index contributed by atoms with van der Waals surface area (Å²) in [5.41, 5.74) is 0.877. The molecule has 0 radical (unpaired) electrons. The summed E-state index contributed by atoms with van der Waals surface area (Å²) in [6.07, 6.45) is 4.38. The van der Waals surface area contributed by atoms with E-state index in [0.29, 0.717) is 23.8 Å². The highest BCUT2D eigenvalue weighted by atomic mass is 19.1. The van der Waals surface area contributed by atoms with Crippen LogP contribution in [0.15, 0.2) is 18.2 Å². The first kappa shape index (κ1) is 14.0. The predicted octanol–water partition coefficient (Wildman–Crippen LogP) is 2.77. The third-order valence-corrected chi connectivity index (χ3v) is 3.77. The molecule has 0 aromatic heterocycles. The van der Waals surface area contributed by atoms with Crippen LogP contribution in [0, 0.1) is 5.82 Å². The van der Waals surface area contributed by atoms with E-state index in [2.05, 4.69) is 0 Å². The van der Waals surface area contributed by atoms with Gasteiger partial charge in [0.2, 0.25) is 0 Å². The Hall–Kier alpha value is -1.42. The van der Waals surface area contributed by atoms with Crippen molar-refractivity contribution < 1.29 is 14.3 Å². The van der Waals surface area contributed by atoms with Gasteiger partial charge >= 0.3 is 0 Å². The van der Waals surface area contributed by atoms with E-state index in [9.17, 15) is 14.3 Å². The molecule has 0 unspecified atom stereocenters. The molecule has 1 N–H and O–H groups in total. The number of nitrogens with zero attached hydrogens (tertiary/aromatic N) is 1. The highest BCUT2D eigenvalue weighted by Gasteiger charge is 2.24. The smallest absolute Gasteiger partial charge is 0.159 e. The largest absolute Gasteiger partial charge is 0.395 e. The molecule has 0 heterocycles. The van der Waals surface area contributed by atoms with E-state index in [0.717, 1.165) is 25.7 Å². The number of halogens is 1. The zero-order valence-corrected chi connectivity index (χ0v) is 11.2. The van der Waals surface area contributed by atoms with Crippen LogP contribution in [-0.2, 0) is 0 Å². The fourth-order valence-electron chi connectivity index (χ4n) is 2.78. The molecule has 0 atom stereocenters. The molecule has 0 bridgehead atoms. The zero-order chi connectivity index (χ0) is 13.8. The molecule has 4 heteroatoms. The van der Waals surface area contributed by atoms with Crippen LogP contribution in [0.5, 0.6) is 0 Å². The van der Waals surface area contributed by atoms with Crippen LogP contribution in [0.1, 0.15) is 43.0 Å². The fraction of sp³-hybridized carbons (Fsp3) is 0.533. The predicted molar refractivity (Wildman–Crippen MR) is 73.1 cm³/mol. The third kappa shape index (κ3) is 3.13. The maximum Gasteiger partial charge on any atom is 0.159 e. The average molecular weight is 265 g/mol. The van der Waals surface area contributed by atoms with Gasteiger partial charge in [-0.05, 0) is 38.0 Å². The van der Waals surface area contributed by atoms with Crippen molar-refractivity contribution in [1.29, 1.82) is 0 Å².